The third-order valence-electron chi connectivity index (χ3n) is 4.27. The number of hydrogen-bond donors (Lipinski definition) is 0. The van der Waals surface area contributed by atoms with Gasteiger partial charge < -0.3 is 0 Å². The van der Waals surface area contributed by atoms with Crippen molar-refractivity contribution < 1.29 is 0 Å². The summed E-state index contributed by atoms with van der Waals surface area (Å²) in [6.07, 6.45) is 0. The molecular weight excluding hydrogens is 391 g/mol. The van der Waals surface area contributed by atoms with Crippen LogP contribution in [0, 0.1) is 0 Å². The fourth-order valence-corrected chi connectivity index (χ4v) is 4.52. The van der Waals surface area contributed by atoms with Crippen LogP contribution in [0.4, 0.5) is 0 Å². The molecule has 4 aromatic carbocycles. The van der Waals surface area contributed by atoms with Crippen molar-refractivity contribution in [2.75, 3.05) is 0 Å². The summed E-state index contributed by atoms with van der Waals surface area (Å²) < 4.78 is 0. The summed E-state index contributed by atoms with van der Waals surface area (Å²) >= 11 is 14.2. The van der Waals surface area contributed by atoms with Crippen molar-refractivity contribution in [3.63, 3.8) is 0 Å². The van der Waals surface area contributed by atoms with Crippen molar-refractivity contribution in [3.8, 4) is 22.3 Å². The Bertz CT molecular complexity index is 1000. The van der Waals surface area contributed by atoms with E-state index in [2.05, 4.69) is 60.7 Å². The van der Waals surface area contributed by atoms with Crippen LogP contribution in [0.3, 0.4) is 0 Å². The maximum atomic E-state index is 6.21. The summed E-state index contributed by atoms with van der Waals surface area (Å²) in [4.78, 5) is 2.38. The van der Waals surface area contributed by atoms with Crippen molar-refractivity contribution in [2.24, 2.45) is 0 Å². The maximum absolute atomic E-state index is 6.21. The van der Waals surface area contributed by atoms with E-state index in [1.165, 1.54) is 20.9 Å². The Hall–Kier alpha value is -2.19. The predicted octanol–water partition coefficient (Wildman–Crippen LogP) is 8.48. The first-order chi connectivity index (χ1) is 13.2. The van der Waals surface area contributed by atoms with Gasteiger partial charge in [-0.05, 0) is 58.7 Å². The van der Waals surface area contributed by atoms with Crippen LogP contribution >= 0.6 is 35.0 Å². The van der Waals surface area contributed by atoms with Crippen molar-refractivity contribution in [1.29, 1.82) is 0 Å². The van der Waals surface area contributed by atoms with Crippen LogP contribution in [0.25, 0.3) is 22.3 Å². The fourth-order valence-electron chi connectivity index (χ4n) is 3.02. The van der Waals surface area contributed by atoms with Crippen LogP contribution in [-0.2, 0) is 0 Å². The van der Waals surface area contributed by atoms with Gasteiger partial charge >= 0.3 is 0 Å². The molecule has 0 aliphatic rings. The molecular formula is C24H16Cl2S. The molecule has 0 spiro atoms. The van der Waals surface area contributed by atoms with E-state index in [1.807, 2.05) is 36.4 Å². The van der Waals surface area contributed by atoms with Gasteiger partial charge in [-0.25, -0.2) is 0 Å². The molecule has 0 aromatic heterocycles. The smallest absolute Gasteiger partial charge is 0.0412 e. The van der Waals surface area contributed by atoms with Crippen molar-refractivity contribution in [3.05, 3.63) is 107 Å². The van der Waals surface area contributed by atoms with Crippen LogP contribution in [0.15, 0.2) is 107 Å². The average molecular weight is 407 g/mol. The minimum absolute atomic E-state index is 0.742. The first kappa shape index (κ1) is 18.2. The molecule has 3 heteroatoms. The Morgan fingerprint density at radius 3 is 1.37 bits per heavy atom. The average Bonchev–Trinajstić information content (AvgIpc) is 2.69. The quantitative estimate of drug-likeness (QED) is 0.327. The molecule has 4 aromatic rings. The SMILES string of the molecule is Clc1cccc(-c2ccccc2Sc2ccccc2-c2cccc(Cl)c2)c1. The van der Waals surface area contributed by atoms with Gasteiger partial charge in [0.25, 0.3) is 0 Å². The molecule has 0 nitrogen and oxygen atoms in total. The molecule has 0 aliphatic carbocycles. The summed E-state index contributed by atoms with van der Waals surface area (Å²) in [5, 5.41) is 1.48. The van der Waals surface area contributed by atoms with Gasteiger partial charge in [-0.15, -0.1) is 0 Å². The van der Waals surface area contributed by atoms with Gasteiger partial charge in [-0.3, -0.25) is 0 Å². The second-order valence-corrected chi connectivity index (χ2v) is 8.07. The Balaban J connectivity index is 1.77. The van der Waals surface area contributed by atoms with Gasteiger partial charge in [0.15, 0.2) is 0 Å². The molecule has 0 saturated carbocycles. The Kier molecular flexibility index (Phi) is 5.54. The Morgan fingerprint density at radius 1 is 0.481 bits per heavy atom. The van der Waals surface area contributed by atoms with E-state index in [0.29, 0.717) is 0 Å². The van der Waals surface area contributed by atoms with E-state index in [4.69, 9.17) is 23.2 Å². The first-order valence-corrected chi connectivity index (χ1v) is 10.2. The van der Waals surface area contributed by atoms with E-state index in [-0.39, 0.29) is 0 Å². The number of rotatable bonds is 4. The van der Waals surface area contributed by atoms with Gasteiger partial charge in [0.2, 0.25) is 0 Å². The molecule has 0 N–H and O–H groups in total. The first-order valence-electron chi connectivity index (χ1n) is 8.58. The van der Waals surface area contributed by atoms with Crippen LogP contribution in [0.1, 0.15) is 0 Å². The van der Waals surface area contributed by atoms with Gasteiger partial charge in [-0.2, -0.15) is 0 Å². The van der Waals surface area contributed by atoms with Gasteiger partial charge in [0.1, 0.15) is 0 Å². The third kappa shape index (κ3) is 4.22. The lowest BCUT2D eigenvalue weighted by Gasteiger charge is -2.13. The molecule has 4 rings (SSSR count). The van der Waals surface area contributed by atoms with E-state index in [9.17, 15) is 0 Å². The predicted molar refractivity (Wildman–Crippen MR) is 118 cm³/mol. The largest absolute Gasteiger partial charge is 0.0888 e. The lowest BCUT2D eigenvalue weighted by Crippen LogP contribution is -1.86. The van der Waals surface area contributed by atoms with Crippen molar-refractivity contribution in [1.82, 2.24) is 0 Å². The monoisotopic (exact) mass is 406 g/mol. The maximum Gasteiger partial charge on any atom is 0.0412 e. The van der Waals surface area contributed by atoms with Crippen molar-refractivity contribution in [2.45, 2.75) is 9.79 Å². The normalized spacial score (nSPS) is 10.7. The van der Waals surface area contributed by atoms with E-state index >= 15 is 0 Å². The number of halogens is 2. The van der Waals surface area contributed by atoms with Gasteiger partial charge in [-0.1, -0.05) is 95.6 Å². The zero-order valence-corrected chi connectivity index (χ0v) is 16.7. The van der Waals surface area contributed by atoms with Crippen LogP contribution < -0.4 is 0 Å². The second kappa shape index (κ2) is 8.22. The van der Waals surface area contributed by atoms with E-state index in [1.54, 1.807) is 11.8 Å². The summed E-state index contributed by atoms with van der Waals surface area (Å²) in [6, 6.07) is 32.8. The molecule has 0 aliphatic heterocycles. The minimum atomic E-state index is 0.742. The van der Waals surface area contributed by atoms with Crippen LogP contribution in [0.2, 0.25) is 10.0 Å². The number of benzene rings is 4. The molecule has 0 radical (unpaired) electrons. The van der Waals surface area contributed by atoms with E-state index < -0.39 is 0 Å². The van der Waals surface area contributed by atoms with Crippen molar-refractivity contribution >= 4 is 35.0 Å². The molecule has 0 amide bonds. The number of hydrogen-bond acceptors (Lipinski definition) is 1. The standard InChI is InChI=1S/C24H16Cl2S/c25-19-9-5-7-17(15-19)21-11-1-3-13-23(21)27-24-14-4-2-12-22(24)18-8-6-10-20(26)16-18/h1-16H. The summed E-state index contributed by atoms with van der Waals surface area (Å²) in [7, 11) is 0. The molecule has 0 fully saturated rings. The molecule has 0 saturated heterocycles. The van der Waals surface area contributed by atoms with Crippen LogP contribution in [0.5, 0.6) is 0 Å². The van der Waals surface area contributed by atoms with Crippen LogP contribution in [-0.4, -0.2) is 0 Å². The highest BCUT2D eigenvalue weighted by Gasteiger charge is 2.11. The molecule has 27 heavy (non-hydrogen) atoms. The lowest BCUT2D eigenvalue weighted by molar-refractivity contribution is 1.39. The third-order valence-corrected chi connectivity index (χ3v) is 5.89. The zero-order chi connectivity index (χ0) is 18.6. The van der Waals surface area contributed by atoms with E-state index in [0.717, 1.165) is 21.2 Å². The lowest BCUT2D eigenvalue weighted by atomic mass is 10.1. The second-order valence-electron chi connectivity index (χ2n) is 6.12. The van der Waals surface area contributed by atoms with Gasteiger partial charge in [0.05, 0.1) is 0 Å². The summed E-state index contributed by atoms with van der Waals surface area (Å²) in [5.41, 5.74) is 4.58. The zero-order valence-electron chi connectivity index (χ0n) is 14.4. The molecule has 0 bridgehead atoms. The highest BCUT2D eigenvalue weighted by molar-refractivity contribution is 7.99. The minimum Gasteiger partial charge on any atom is -0.0888 e. The summed E-state index contributed by atoms with van der Waals surface area (Å²) in [5.74, 6) is 0. The Morgan fingerprint density at radius 2 is 0.926 bits per heavy atom. The highest BCUT2D eigenvalue weighted by Crippen LogP contribution is 2.41. The van der Waals surface area contributed by atoms with Gasteiger partial charge in [0, 0.05) is 19.8 Å². The molecule has 0 heterocycles. The molecule has 132 valence electrons. The topological polar surface area (TPSA) is 0 Å². The highest BCUT2D eigenvalue weighted by atomic mass is 35.5. The molecule has 0 atom stereocenters. The summed E-state index contributed by atoms with van der Waals surface area (Å²) in [6.45, 7) is 0. The Labute approximate surface area is 173 Å². The fraction of sp³-hybridized carbons (Fsp3) is 0. The molecule has 0 unspecified atom stereocenters.